The number of hydrogen-bond acceptors (Lipinski definition) is 5. The van der Waals surface area contributed by atoms with Crippen LogP contribution < -0.4 is 14.8 Å². The summed E-state index contributed by atoms with van der Waals surface area (Å²) < 4.78 is 32.8. The number of benzene rings is 1. The normalized spacial score (nSPS) is 12.6. The number of pyridine rings is 1. The number of carbonyl (C=O) groups excluding carboxylic acids is 1. The summed E-state index contributed by atoms with van der Waals surface area (Å²) in [6.45, 7) is 6.42. The third kappa shape index (κ3) is 6.65. The molecule has 0 aliphatic heterocycles. The van der Waals surface area contributed by atoms with Gasteiger partial charge in [-0.1, -0.05) is 13.8 Å². The highest BCUT2D eigenvalue weighted by molar-refractivity contribution is 7.89. The summed E-state index contributed by atoms with van der Waals surface area (Å²) in [5.74, 6) is 0.569. The van der Waals surface area contributed by atoms with Crippen molar-refractivity contribution in [3.8, 4) is 5.75 Å². The Labute approximate surface area is 160 Å². The molecule has 1 heterocycles. The van der Waals surface area contributed by atoms with Gasteiger partial charge in [0.05, 0.1) is 4.90 Å². The molecule has 0 saturated heterocycles. The molecule has 2 N–H and O–H groups in total. The number of rotatable bonds is 9. The van der Waals surface area contributed by atoms with E-state index in [9.17, 15) is 13.2 Å². The Morgan fingerprint density at radius 1 is 1.07 bits per heavy atom. The maximum Gasteiger partial charge on any atom is 0.260 e. The van der Waals surface area contributed by atoms with Gasteiger partial charge in [-0.2, -0.15) is 0 Å². The molecule has 1 aromatic heterocycles. The molecule has 146 valence electrons. The van der Waals surface area contributed by atoms with Crippen molar-refractivity contribution in [2.75, 3.05) is 6.54 Å². The monoisotopic (exact) mass is 391 g/mol. The van der Waals surface area contributed by atoms with E-state index < -0.39 is 16.1 Å². The highest BCUT2D eigenvalue weighted by atomic mass is 32.2. The quantitative estimate of drug-likeness (QED) is 0.682. The first kappa shape index (κ1) is 20.9. The number of nitrogens with zero attached hydrogens (tertiary/aromatic N) is 1. The predicted octanol–water partition coefficient (Wildman–Crippen LogP) is 2.10. The largest absolute Gasteiger partial charge is 0.481 e. The molecule has 0 aliphatic carbocycles. The van der Waals surface area contributed by atoms with E-state index in [2.05, 4.69) is 15.0 Å². The Balaban J connectivity index is 1.94. The maximum atomic E-state index is 12.4. The first-order chi connectivity index (χ1) is 12.8. The Kier molecular flexibility index (Phi) is 7.32. The molecule has 0 spiro atoms. The minimum atomic E-state index is -3.64. The molecule has 2 aromatic rings. The summed E-state index contributed by atoms with van der Waals surface area (Å²) in [5, 5.41) is 2.80. The summed E-state index contributed by atoms with van der Waals surface area (Å²) in [5.41, 5.74) is 0.815. The second-order valence-corrected chi connectivity index (χ2v) is 8.32. The van der Waals surface area contributed by atoms with Gasteiger partial charge in [0.15, 0.2) is 6.10 Å². The van der Waals surface area contributed by atoms with Crippen molar-refractivity contribution < 1.29 is 17.9 Å². The zero-order chi connectivity index (χ0) is 19.9. The van der Waals surface area contributed by atoms with Crippen LogP contribution in [0.3, 0.4) is 0 Å². The third-order valence-electron chi connectivity index (χ3n) is 3.72. The van der Waals surface area contributed by atoms with Crippen LogP contribution in [0.1, 0.15) is 26.3 Å². The van der Waals surface area contributed by atoms with Gasteiger partial charge in [-0.15, -0.1) is 0 Å². The number of ether oxygens (including phenoxy) is 1. The standard InChI is InChI=1S/C19H25N3O4S/c1-14(2)12-21-19(23)15(3)26-17-4-6-18(7-5-17)27(24,25)22-13-16-8-10-20-11-9-16/h4-11,14-15,22H,12-13H2,1-3H3,(H,21,23)/t15-/m1/s1. The van der Waals surface area contributed by atoms with Crippen molar-refractivity contribution in [1.29, 1.82) is 0 Å². The Bertz CT molecular complexity index is 837. The van der Waals surface area contributed by atoms with Crippen LogP contribution in [0.4, 0.5) is 0 Å². The van der Waals surface area contributed by atoms with Gasteiger partial charge in [0.25, 0.3) is 5.91 Å². The number of hydrogen-bond donors (Lipinski definition) is 2. The second kappa shape index (κ2) is 9.48. The van der Waals surface area contributed by atoms with Gasteiger partial charge in [0, 0.05) is 25.5 Å². The molecule has 1 amide bonds. The van der Waals surface area contributed by atoms with Crippen LogP contribution in [0.5, 0.6) is 5.75 Å². The Morgan fingerprint density at radius 3 is 2.30 bits per heavy atom. The van der Waals surface area contributed by atoms with Gasteiger partial charge in [-0.05, 0) is 54.8 Å². The van der Waals surface area contributed by atoms with Gasteiger partial charge in [0.2, 0.25) is 10.0 Å². The lowest BCUT2D eigenvalue weighted by molar-refractivity contribution is -0.127. The smallest absolute Gasteiger partial charge is 0.260 e. The first-order valence-corrected chi connectivity index (χ1v) is 10.2. The number of carbonyl (C=O) groups is 1. The van der Waals surface area contributed by atoms with E-state index in [1.54, 1.807) is 31.5 Å². The van der Waals surface area contributed by atoms with Crippen molar-refractivity contribution in [2.45, 2.75) is 38.3 Å². The predicted molar refractivity (Wildman–Crippen MR) is 103 cm³/mol. The molecule has 27 heavy (non-hydrogen) atoms. The second-order valence-electron chi connectivity index (χ2n) is 6.55. The Morgan fingerprint density at radius 2 is 1.70 bits per heavy atom. The van der Waals surface area contributed by atoms with Crippen molar-refractivity contribution in [3.63, 3.8) is 0 Å². The van der Waals surface area contributed by atoms with Crippen LogP contribution in [0.2, 0.25) is 0 Å². The summed E-state index contributed by atoms with van der Waals surface area (Å²) >= 11 is 0. The molecule has 0 bridgehead atoms. The zero-order valence-corrected chi connectivity index (χ0v) is 16.5. The summed E-state index contributed by atoms with van der Waals surface area (Å²) in [4.78, 5) is 16.0. The molecule has 0 fully saturated rings. The van der Waals surface area contributed by atoms with Gasteiger partial charge in [0.1, 0.15) is 5.75 Å². The molecule has 1 aromatic carbocycles. The highest BCUT2D eigenvalue weighted by Gasteiger charge is 2.17. The topological polar surface area (TPSA) is 97.4 Å². The molecule has 0 radical (unpaired) electrons. The first-order valence-electron chi connectivity index (χ1n) is 8.71. The van der Waals surface area contributed by atoms with Crippen molar-refractivity contribution >= 4 is 15.9 Å². The zero-order valence-electron chi connectivity index (χ0n) is 15.7. The van der Waals surface area contributed by atoms with Crippen molar-refractivity contribution in [2.24, 2.45) is 5.92 Å². The molecule has 0 saturated carbocycles. The molecule has 1 atom stereocenters. The fourth-order valence-electron chi connectivity index (χ4n) is 2.17. The average molecular weight is 391 g/mol. The minimum absolute atomic E-state index is 0.126. The SMILES string of the molecule is CC(C)CNC(=O)[C@@H](C)Oc1ccc(S(=O)(=O)NCc2ccncc2)cc1. The van der Waals surface area contributed by atoms with E-state index in [0.717, 1.165) is 5.56 Å². The molecule has 0 aliphatic rings. The lowest BCUT2D eigenvalue weighted by atomic mass is 10.2. The summed E-state index contributed by atoms with van der Waals surface area (Å²) in [6.07, 6.45) is 2.54. The van der Waals surface area contributed by atoms with Gasteiger partial charge in [-0.3, -0.25) is 9.78 Å². The lowest BCUT2D eigenvalue weighted by Gasteiger charge is -2.16. The number of amides is 1. The summed E-state index contributed by atoms with van der Waals surface area (Å²) in [7, 11) is -3.64. The van der Waals surface area contributed by atoms with Crippen molar-refractivity contribution in [1.82, 2.24) is 15.0 Å². The van der Waals surface area contributed by atoms with Gasteiger partial charge < -0.3 is 10.1 Å². The van der Waals surface area contributed by atoms with Crippen LogP contribution in [0.25, 0.3) is 0 Å². The van der Waals surface area contributed by atoms with Crippen molar-refractivity contribution in [3.05, 3.63) is 54.4 Å². The van der Waals surface area contributed by atoms with Crippen LogP contribution in [-0.2, 0) is 21.4 Å². The molecule has 8 heteroatoms. The van der Waals surface area contributed by atoms with Crippen LogP contribution in [0.15, 0.2) is 53.7 Å². The third-order valence-corrected chi connectivity index (χ3v) is 5.13. The highest BCUT2D eigenvalue weighted by Crippen LogP contribution is 2.17. The number of nitrogens with one attached hydrogen (secondary N) is 2. The number of aromatic nitrogens is 1. The van der Waals surface area contributed by atoms with E-state index in [4.69, 9.17) is 4.74 Å². The fraction of sp³-hybridized carbons (Fsp3) is 0.368. The number of sulfonamides is 1. The molecular weight excluding hydrogens is 366 g/mol. The molecule has 7 nitrogen and oxygen atoms in total. The van der Waals surface area contributed by atoms with Crippen LogP contribution in [0, 0.1) is 5.92 Å². The Hall–Kier alpha value is -2.45. The lowest BCUT2D eigenvalue weighted by Crippen LogP contribution is -2.38. The van der Waals surface area contributed by atoms with Crippen LogP contribution >= 0.6 is 0 Å². The maximum absolute atomic E-state index is 12.4. The van der Waals surface area contributed by atoms with E-state index in [-0.39, 0.29) is 17.3 Å². The van der Waals surface area contributed by atoms with Crippen LogP contribution in [-0.4, -0.2) is 32.0 Å². The molecular formula is C19H25N3O4S. The van der Waals surface area contributed by atoms with Gasteiger partial charge in [-0.25, -0.2) is 13.1 Å². The minimum Gasteiger partial charge on any atom is -0.481 e. The molecule has 0 unspecified atom stereocenters. The van der Waals surface area contributed by atoms with E-state index in [1.165, 1.54) is 24.3 Å². The van der Waals surface area contributed by atoms with E-state index >= 15 is 0 Å². The molecule has 2 rings (SSSR count). The fourth-order valence-corrected chi connectivity index (χ4v) is 3.18. The van der Waals surface area contributed by atoms with E-state index in [0.29, 0.717) is 18.2 Å². The average Bonchev–Trinajstić information content (AvgIpc) is 2.65. The summed E-state index contributed by atoms with van der Waals surface area (Å²) in [6, 6.07) is 9.45. The van der Waals surface area contributed by atoms with E-state index in [1.807, 2.05) is 13.8 Å². The van der Waals surface area contributed by atoms with Gasteiger partial charge >= 0.3 is 0 Å².